The van der Waals surface area contributed by atoms with E-state index in [0.717, 1.165) is 0 Å². The van der Waals surface area contributed by atoms with Crippen LogP contribution in [0.25, 0.3) is 0 Å². The van der Waals surface area contributed by atoms with Gasteiger partial charge in [-0.15, -0.1) is 0 Å². The lowest BCUT2D eigenvalue weighted by atomic mass is 10.1. The lowest BCUT2D eigenvalue weighted by molar-refractivity contribution is -0.383. The van der Waals surface area contributed by atoms with E-state index in [2.05, 4.69) is 17.2 Å². The van der Waals surface area contributed by atoms with Crippen molar-refractivity contribution in [3.8, 4) is 11.8 Å². The summed E-state index contributed by atoms with van der Waals surface area (Å²) >= 11 is 0. The molecule has 0 aliphatic carbocycles. The predicted octanol–water partition coefficient (Wildman–Crippen LogP) is 4.48. The molecule has 0 aliphatic heterocycles. The van der Waals surface area contributed by atoms with Crippen LogP contribution in [0.3, 0.4) is 0 Å². The van der Waals surface area contributed by atoms with Gasteiger partial charge < -0.3 is 4.74 Å². The molecule has 0 saturated heterocycles. The van der Waals surface area contributed by atoms with E-state index < -0.39 is 16.6 Å². The summed E-state index contributed by atoms with van der Waals surface area (Å²) in [6, 6.07) is 9.75. The number of rotatable bonds is 2. The first-order chi connectivity index (χ1) is 12.1. The van der Waals surface area contributed by atoms with Crippen LogP contribution in [0.15, 0.2) is 42.5 Å². The summed E-state index contributed by atoms with van der Waals surface area (Å²) in [7, 11) is 0. The Hall–Kier alpha value is -3.40. The van der Waals surface area contributed by atoms with Crippen molar-refractivity contribution in [1.82, 2.24) is 0 Å². The van der Waals surface area contributed by atoms with E-state index in [-0.39, 0.29) is 17.2 Å². The molecular weight excluding hydrogens is 339 g/mol. The molecule has 0 heterocycles. The normalized spacial score (nSPS) is 10.5. The Bertz CT molecular complexity index is 890. The molecule has 0 unspecified atom stereocenters. The Morgan fingerprint density at radius 2 is 1.69 bits per heavy atom. The Labute approximate surface area is 150 Å². The van der Waals surface area contributed by atoms with E-state index in [4.69, 9.17) is 4.74 Å². The Balaban J connectivity index is 2.25. The van der Waals surface area contributed by atoms with Gasteiger partial charge in [-0.25, -0.2) is 9.18 Å². The number of hydrogen-bond acceptors (Lipinski definition) is 4. The topological polar surface area (TPSA) is 81.5 Å². The zero-order chi connectivity index (χ0) is 19.3. The van der Waals surface area contributed by atoms with Crippen LogP contribution in [0.2, 0.25) is 0 Å². The average molecular weight is 356 g/mol. The van der Waals surface area contributed by atoms with Gasteiger partial charge in [0.25, 0.3) is 5.69 Å². The fraction of sp³-hybridized carbons (Fsp3) is 0.211. The smallest absolute Gasteiger partial charge is 0.412 e. The van der Waals surface area contributed by atoms with E-state index in [1.54, 1.807) is 20.8 Å². The molecule has 0 bridgehead atoms. The van der Waals surface area contributed by atoms with Crippen LogP contribution in [0, 0.1) is 27.8 Å². The molecule has 2 aromatic carbocycles. The van der Waals surface area contributed by atoms with Gasteiger partial charge in [0.2, 0.25) is 0 Å². The molecule has 0 atom stereocenters. The maximum atomic E-state index is 12.9. The zero-order valence-corrected chi connectivity index (χ0v) is 14.5. The number of halogens is 1. The number of nitro benzene ring substituents is 1. The minimum Gasteiger partial charge on any atom is -0.444 e. The third kappa shape index (κ3) is 5.60. The number of nitrogens with one attached hydrogen (secondary N) is 1. The number of carbonyl (C=O) groups excluding carboxylic acids is 1. The van der Waals surface area contributed by atoms with Crippen molar-refractivity contribution in [1.29, 1.82) is 0 Å². The SMILES string of the molecule is CC(C)(C)OC(=O)Nc1ccc(C#Cc2ccc(F)cc2)cc1[N+](=O)[O-]. The van der Waals surface area contributed by atoms with Gasteiger partial charge in [0.1, 0.15) is 17.1 Å². The molecule has 1 N–H and O–H groups in total. The van der Waals surface area contributed by atoms with E-state index in [0.29, 0.717) is 11.1 Å². The maximum Gasteiger partial charge on any atom is 0.412 e. The fourth-order valence-electron chi connectivity index (χ4n) is 1.96. The molecule has 1 amide bonds. The predicted molar refractivity (Wildman–Crippen MR) is 95.3 cm³/mol. The molecule has 7 heteroatoms. The van der Waals surface area contributed by atoms with Crippen molar-refractivity contribution < 1.29 is 18.8 Å². The Morgan fingerprint density at radius 1 is 1.12 bits per heavy atom. The quantitative estimate of drug-likeness (QED) is 0.489. The number of hydrogen-bond donors (Lipinski definition) is 1. The first kappa shape index (κ1) is 18.9. The standard InChI is InChI=1S/C19H17FN2O4/c1-19(2,3)26-18(23)21-16-11-8-14(12-17(16)22(24)25)5-4-13-6-9-15(20)10-7-13/h6-12H,1-3H3,(H,21,23). The van der Waals surface area contributed by atoms with Crippen molar-refractivity contribution in [3.63, 3.8) is 0 Å². The van der Waals surface area contributed by atoms with Gasteiger partial charge in [0.05, 0.1) is 4.92 Å². The van der Waals surface area contributed by atoms with Crippen LogP contribution in [-0.2, 0) is 4.74 Å². The summed E-state index contributed by atoms with van der Waals surface area (Å²) in [5.41, 5.74) is -0.0569. The van der Waals surface area contributed by atoms with Crippen LogP contribution < -0.4 is 5.32 Å². The number of ether oxygens (including phenoxy) is 1. The van der Waals surface area contributed by atoms with Gasteiger partial charge in [-0.3, -0.25) is 15.4 Å². The summed E-state index contributed by atoms with van der Waals surface area (Å²) < 4.78 is 18.0. The van der Waals surface area contributed by atoms with Gasteiger partial charge in [0.15, 0.2) is 0 Å². The van der Waals surface area contributed by atoms with Gasteiger partial charge in [0, 0.05) is 17.2 Å². The molecule has 0 saturated carbocycles. The largest absolute Gasteiger partial charge is 0.444 e. The second-order valence-corrected chi connectivity index (χ2v) is 6.37. The lowest BCUT2D eigenvalue weighted by Gasteiger charge is -2.19. The van der Waals surface area contributed by atoms with Crippen molar-refractivity contribution in [2.45, 2.75) is 26.4 Å². The van der Waals surface area contributed by atoms with Crippen LogP contribution in [0.5, 0.6) is 0 Å². The molecule has 0 radical (unpaired) electrons. The number of nitrogens with zero attached hydrogens (tertiary/aromatic N) is 1. The molecule has 134 valence electrons. The van der Waals surface area contributed by atoms with Gasteiger partial charge in [-0.2, -0.15) is 0 Å². The number of anilines is 1. The highest BCUT2D eigenvalue weighted by Crippen LogP contribution is 2.26. The summed E-state index contributed by atoms with van der Waals surface area (Å²) in [6.45, 7) is 5.07. The molecule has 6 nitrogen and oxygen atoms in total. The highest BCUT2D eigenvalue weighted by atomic mass is 19.1. The number of amides is 1. The summed E-state index contributed by atoms with van der Waals surface area (Å²) in [4.78, 5) is 22.5. The molecule has 26 heavy (non-hydrogen) atoms. The summed E-state index contributed by atoms with van der Waals surface area (Å²) in [5.74, 6) is 5.20. The zero-order valence-electron chi connectivity index (χ0n) is 14.5. The van der Waals surface area contributed by atoms with E-state index in [9.17, 15) is 19.3 Å². The van der Waals surface area contributed by atoms with Gasteiger partial charge in [-0.05, 0) is 57.2 Å². The number of nitro groups is 1. The maximum absolute atomic E-state index is 12.9. The third-order valence-electron chi connectivity index (χ3n) is 3.03. The van der Waals surface area contributed by atoms with E-state index in [1.165, 1.54) is 42.5 Å². The second-order valence-electron chi connectivity index (χ2n) is 6.37. The van der Waals surface area contributed by atoms with Crippen molar-refractivity contribution >= 4 is 17.5 Å². The minimum absolute atomic E-state index is 0.0107. The number of carbonyl (C=O) groups is 1. The fourth-order valence-corrected chi connectivity index (χ4v) is 1.96. The van der Waals surface area contributed by atoms with Crippen LogP contribution in [0.1, 0.15) is 31.9 Å². The highest BCUT2D eigenvalue weighted by molar-refractivity contribution is 5.88. The van der Waals surface area contributed by atoms with Crippen LogP contribution >= 0.6 is 0 Å². The Morgan fingerprint density at radius 3 is 2.27 bits per heavy atom. The summed E-state index contributed by atoms with van der Waals surface area (Å²) in [5, 5.41) is 13.6. The lowest BCUT2D eigenvalue weighted by Crippen LogP contribution is -2.27. The summed E-state index contributed by atoms with van der Waals surface area (Å²) in [6.07, 6.45) is -0.786. The van der Waals surface area contributed by atoms with Crippen LogP contribution in [0.4, 0.5) is 20.6 Å². The van der Waals surface area contributed by atoms with Gasteiger partial charge >= 0.3 is 6.09 Å². The molecular formula is C19H17FN2O4. The van der Waals surface area contributed by atoms with Gasteiger partial charge in [-0.1, -0.05) is 11.8 Å². The third-order valence-corrected chi connectivity index (χ3v) is 3.03. The molecule has 0 aliphatic rings. The second kappa shape index (κ2) is 7.66. The first-order valence-corrected chi connectivity index (χ1v) is 7.70. The van der Waals surface area contributed by atoms with Crippen molar-refractivity contribution in [2.75, 3.05) is 5.32 Å². The van der Waals surface area contributed by atoms with Crippen LogP contribution in [-0.4, -0.2) is 16.6 Å². The molecule has 0 aromatic heterocycles. The first-order valence-electron chi connectivity index (χ1n) is 7.70. The molecule has 2 aromatic rings. The Kier molecular flexibility index (Phi) is 5.58. The minimum atomic E-state index is -0.786. The van der Waals surface area contributed by atoms with Crippen molar-refractivity contribution in [3.05, 3.63) is 69.5 Å². The monoisotopic (exact) mass is 356 g/mol. The average Bonchev–Trinajstić information content (AvgIpc) is 2.53. The highest BCUT2D eigenvalue weighted by Gasteiger charge is 2.20. The van der Waals surface area contributed by atoms with E-state index in [1.807, 2.05) is 0 Å². The van der Waals surface area contributed by atoms with E-state index >= 15 is 0 Å². The molecule has 0 fully saturated rings. The number of benzene rings is 2. The molecule has 0 spiro atoms. The van der Waals surface area contributed by atoms with Crippen molar-refractivity contribution in [2.24, 2.45) is 0 Å². The molecule has 2 rings (SSSR count).